The number of anilines is 2. The molecule has 7 nitrogen and oxygen atoms in total. The molecule has 1 amide bonds. The van der Waals surface area contributed by atoms with E-state index in [0.717, 1.165) is 18.5 Å². The Morgan fingerprint density at radius 1 is 1.31 bits per heavy atom. The van der Waals surface area contributed by atoms with Gasteiger partial charge in [-0.2, -0.15) is 0 Å². The number of benzene rings is 1. The van der Waals surface area contributed by atoms with Crippen LogP contribution in [0.2, 0.25) is 0 Å². The monoisotopic (exact) mass is 398 g/mol. The molecule has 1 N–H and O–H groups in total. The lowest BCUT2D eigenvalue weighted by Crippen LogP contribution is -2.45. The van der Waals surface area contributed by atoms with Crippen LogP contribution in [0.25, 0.3) is 0 Å². The second-order valence-electron chi connectivity index (χ2n) is 7.81. The fourth-order valence-electron chi connectivity index (χ4n) is 3.66. The van der Waals surface area contributed by atoms with Crippen molar-refractivity contribution < 1.29 is 18.5 Å². The van der Waals surface area contributed by atoms with Gasteiger partial charge in [0.25, 0.3) is 0 Å². The van der Waals surface area contributed by atoms with E-state index < -0.39 is 0 Å². The fraction of sp³-hybridized carbons (Fsp3) is 0.429. The smallest absolute Gasteiger partial charge is 0.434 e. The number of ether oxygens (including phenoxy) is 1. The Labute approximate surface area is 169 Å². The number of hydrogen-bond acceptors (Lipinski definition) is 5. The van der Waals surface area contributed by atoms with Crippen LogP contribution in [0.3, 0.4) is 0 Å². The number of amides is 1. The van der Waals surface area contributed by atoms with E-state index in [1.807, 2.05) is 30.4 Å². The van der Waals surface area contributed by atoms with Crippen molar-refractivity contribution >= 4 is 30.1 Å². The summed E-state index contributed by atoms with van der Waals surface area (Å²) in [5.74, 6) is 2.02. The van der Waals surface area contributed by atoms with Crippen LogP contribution in [0.15, 0.2) is 24.3 Å². The van der Waals surface area contributed by atoms with Crippen LogP contribution in [-0.2, 0) is 4.79 Å². The number of nitrogens with zero attached hydrogens (tertiary/aromatic N) is 4. The summed E-state index contributed by atoms with van der Waals surface area (Å²) in [7, 11) is 1.86. The van der Waals surface area contributed by atoms with Gasteiger partial charge in [-0.3, -0.25) is 4.79 Å². The summed E-state index contributed by atoms with van der Waals surface area (Å²) >= 11 is 0. The highest BCUT2D eigenvalue weighted by Gasteiger charge is 2.38. The predicted molar refractivity (Wildman–Crippen MR) is 109 cm³/mol. The first-order valence-electron chi connectivity index (χ1n) is 9.74. The van der Waals surface area contributed by atoms with E-state index in [9.17, 15) is 9.18 Å². The summed E-state index contributed by atoms with van der Waals surface area (Å²) in [4.78, 5) is 23.1. The van der Waals surface area contributed by atoms with Gasteiger partial charge in [-0.05, 0) is 61.9 Å². The summed E-state index contributed by atoms with van der Waals surface area (Å²) in [5, 5.41) is 2.89. The Kier molecular flexibility index (Phi) is 4.94. The fourth-order valence-corrected chi connectivity index (χ4v) is 3.66. The number of halogens is 1. The zero-order chi connectivity index (χ0) is 20.7. The predicted octanol–water partition coefficient (Wildman–Crippen LogP) is 2.90. The molecule has 4 rings (SSSR count). The second-order valence-corrected chi connectivity index (χ2v) is 7.81. The maximum atomic E-state index is 13.0. The minimum atomic E-state index is -0.292. The molecule has 2 aliphatic rings. The highest BCUT2D eigenvalue weighted by atomic mass is 19.1. The molecule has 1 fully saturated rings. The van der Waals surface area contributed by atoms with Crippen molar-refractivity contribution in [2.45, 2.75) is 38.8 Å². The highest BCUT2D eigenvalue weighted by Crippen LogP contribution is 2.36. The van der Waals surface area contributed by atoms with Gasteiger partial charge in [-0.25, -0.2) is 8.97 Å². The van der Waals surface area contributed by atoms with Gasteiger partial charge in [0.1, 0.15) is 29.0 Å². The van der Waals surface area contributed by atoms with Crippen LogP contribution in [0.4, 0.5) is 21.8 Å². The lowest BCUT2D eigenvalue weighted by molar-refractivity contribution is -0.505. The Bertz CT molecular complexity index is 956. The molecule has 29 heavy (non-hydrogen) atoms. The van der Waals surface area contributed by atoms with Crippen LogP contribution in [-0.4, -0.2) is 52.9 Å². The van der Waals surface area contributed by atoms with Gasteiger partial charge in [0.05, 0.1) is 12.6 Å². The molecule has 8 heteroatoms. The first-order valence-corrected chi connectivity index (χ1v) is 9.74. The SMILES string of the molecule is C=[N+](c1nc(C)c2c(n1)N(C)[C@@H](C)C(=O)N2)C1CC(COc2ccc(F)cc2)C1. The standard InChI is InChI=1S/C21H24FN5O2/c1-12-18-19(26(3)13(2)20(28)24-18)25-21(23-12)27(4)16-9-14(10-16)11-29-17-7-5-15(22)6-8-17/h5-8,13-14,16H,4,9-11H2,1-3H3/p+1/t13-,14?,16?/m0/s1. The van der Waals surface area contributed by atoms with Gasteiger partial charge in [-0.1, -0.05) is 4.98 Å². The molecule has 1 aliphatic carbocycles. The Morgan fingerprint density at radius 2 is 2.00 bits per heavy atom. The minimum Gasteiger partial charge on any atom is -0.493 e. The molecule has 1 aromatic heterocycles. The summed E-state index contributed by atoms with van der Waals surface area (Å²) in [6.07, 6.45) is 1.85. The van der Waals surface area contributed by atoms with Crippen molar-refractivity contribution in [1.29, 1.82) is 0 Å². The van der Waals surface area contributed by atoms with Gasteiger partial charge in [0.15, 0.2) is 0 Å². The molecule has 1 aliphatic heterocycles. The van der Waals surface area contributed by atoms with Crippen LogP contribution in [0.5, 0.6) is 5.75 Å². The van der Waals surface area contributed by atoms with Crippen molar-refractivity contribution in [2.24, 2.45) is 5.92 Å². The number of nitrogens with one attached hydrogen (secondary N) is 1. The average molecular weight is 398 g/mol. The minimum absolute atomic E-state index is 0.0612. The molecule has 0 bridgehead atoms. The normalized spacial score (nSPS) is 23.1. The Balaban J connectivity index is 1.39. The zero-order valence-electron chi connectivity index (χ0n) is 16.9. The molecule has 152 valence electrons. The molecular formula is C21H25FN5O2+. The molecule has 0 unspecified atom stereocenters. The third-order valence-corrected chi connectivity index (χ3v) is 5.81. The molecule has 0 spiro atoms. The zero-order valence-corrected chi connectivity index (χ0v) is 16.9. The quantitative estimate of drug-likeness (QED) is 0.620. The van der Waals surface area contributed by atoms with E-state index in [2.05, 4.69) is 22.0 Å². The molecular weight excluding hydrogens is 373 g/mol. The number of carbonyl (C=O) groups is 1. The Hall–Kier alpha value is -3.03. The maximum absolute atomic E-state index is 13.0. The van der Waals surface area contributed by atoms with Gasteiger partial charge >= 0.3 is 5.95 Å². The van der Waals surface area contributed by atoms with Crippen molar-refractivity contribution in [3.8, 4) is 5.75 Å². The van der Waals surface area contributed by atoms with E-state index in [4.69, 9.17) is 4.74 Å². The van der Waals surface area contributed by atoms with Crippen LogP contribution in [0.1, 0.15) is 25.5 Å². The van der Waals surface area contributed by atoms with Crippen LogP contribution in [0, 0.1) is 18.7 Å². The van der Waals surface area contributed by atoms with E-state index in [0.29, 0.717) is 35.7 Å². The van der Waals surface area contributed by atoms with Crippen LogP contribution >= 0.6 is 0 Å². The topological polar surface area (TPSA) is 70.4 Å². The summed E-state index contributed by atoms with van der Waals surface area (Å²) in [5.41, 5.74) is 1.38. The number of carbonyl (C=O) groups excluding carboxylic acids is 1. The number of aromatic nitrogens is 2. The van der Waals surface area contributed by atoms with E-state index in [1.54, 1.807) is 12.1 Å². The molecule has 1 atom stereocenters. The van der Waals surface area contributed by atoms with E-state index in [1.165, 1.54) is 12.1 Å². The highest BCUT2D eigenvalue weighted by molar-refractivity contribution is 6.03. The first-order chi connectivity index (χ1) is 13.8. The Morgan fingerprint density at radius 3 is 2.69 bits per heavy atom. The average Bonchev–Trinajstić information content (AvgIpc) is 2.67. The number of rotatable bonds is 5. The lowest BCUT2D eigenvalue weighted by Gasteiger charge is -2.34. The van der Waals surface area contributed by atoms with Crippen molar-refractivity contribution in [3.05, 3.63) is 35.8 Å². The maximum Gasteiger partial charge on any atom is 0.434 e. The number of likely N-dealkylation sites (N-methyl/N-ethyl adjacent to an activating group) is 1. The summed E-state index contributed by atoms with van der Waals surface area (Å²) < 4.78 is 20.6. The molecule has 2 heterocycles. The molecule has 0 saturated heterocycles. The number of hydrogen-bond donors (Lipinski definition) is 1. The van der Waals surface area contributed by atoms with Gasteiger partial charge < -0.3 is 15.0 Å². The summed E-state index contributed by atoms with van der Waals surface area (Å²) in [6, 6.07) is 6.01. The third-order valence-electron chi connectivity index (χ3n) is 5.81. The first kappa shape index (κ1) is 19.3. The third kappa shape index (κ3) is 3.66. The van der Waals surface area contributed by atoms with Crippen molar-refractivity contribution in [1.82, 2.24) is 9.97 Å². The van der Waals surface area contributed by atoms with Crippen molar-refractivity contribution in [3.63, 3.8) is 0 Å². The van der Waals surface area contributed by atoms with Gasteiger partial charge in [0.2, 0.25) is 11.7 Å². The van der Waals surface area contributed by atoms with Crippen molar-refractivity contribution in [2.75, 3.05) is 23.9 Å². The van der Waals surface area contributed by atoms with E-state index in [-0.39, 0.29) is 23.8 Å². The molecule has 2 aromatic rings. The van der Waals surface area contributed by atoms with Crippen LogP contribution < -0.4 is 15.0 Å². The largest absolute Gasteiger partial charge is 0.493 e. The lowest BCUT2D eigenvalue weighted by atomic mass is 9.80. The number of fused-ring (bicyclic) bond motifs is 1. The molecule has 0 radical (unpaired) electrons. The van der Waals surface area contributed by atoms with E-state index >= 15 is 0 Å². The number of aryl methyl sites for hydroxylation is 1. The molecule has 1 saturated carbocycles. The molecule has 1 aromatic carbocycles. The van der Waals surface area contributed by atoms with Gasteiger partial charge in [0, 0.05) is 13.8 Å². The summed E-state index contributed by atoms with van der Waals surface area (Å²) in [6.45, 7) is 8.46. The second kappa shape index (κ2) is 7.42. The van der Waals surface area contributed by atoms with Gasteiger partial charge in [-0.15, -0.1) is 0 Å².